The van der Waals surface area contributed by atoms with E-state index in [0.29, 0.717) is 10.6 Å². The number of rotatable bonds is 3. The standard InChI is InChI=1S/C14H14F2N2OS/c1-8-12(17)6-13(20-8)14(19)18(2)7-9-3-4-10(15)5-11(9)16/h3-6H,7,17H2,1-2H3. The fourth-order valence-corrected chi connectivity index (χ4v) is 2.70. The van der Waals surface area contributed by atoms with Crippen LogP contribution in [0.4, 0.5) is 14.5 Å². The van der Waals surface area contributed by atoms with E-state index in [1.165, 1.54) is 28.4 Å². The molecule has 0 aliphatic carbocycles. The summed E-state index contributed by atoms with van der Waals surface area (Å²) in [5.74, 6) is -1.54. The Labute approximate surface area is 119 Å². The number of nitrogens with zero attached hydrogens (tertiary/aromatic N) is 1. The van der Waals surface area contributed by atoms with Crippen LogP contribution in [0.5, 0.6) is 0 Å². The van der Waals surface area contributed by atoms with Crippen molar-refractivity contribution in [1.82, 2.24) is 4.90 Å². The Bertz CT molecular complexity index is 635. The van der Waals surface area contributed by atoms with Crippen LogP contribution >= 0.6 is 11.3 Å². The molecule has 0 saturated heterocycles. The Morgan fingerprint density at radius 2 is 2.05 bits per heavy atom. The third kappa shape index (κ3) is 2.96. The van der Waals surface area contributed by atoms with Crippen molar-refractivity contribution in [2.45, 2.75) is 13.5 Å². The maximum absolute atomic E-state index is 13.5. The van der Waals surface area contributed by atoms with E-state index in [9.17, 15) is 13.6 Å². The minimum Gasteiger partial charge on any atom is -0.398 e. The van der Waals surface area contributed by atoms with E-state index in [2.05, 4.69) is 0 Å². The largest absolute Gasteiger partial charge is 0.398 e. The van der Waals surface area contributed by atoms with Gasteiger partial charge in [-0.2, -0.15) is 0 Å². The number of benzene rings is 1. The first-order valence-corrected chi connectivity index (χ1v) is 6.75. The van der Waals surface area contributed by atoms with Crippen molar-refractivity contribution in [2.24, 2.45) is 0 Å². The van der Waals surface area contributed by atoms with Gasteiger partial charge in [0.05, 0.1) is 4.88 Å². The van der Waals surface area contributed by atoms with Gasteiger partial charge in [0.2, 0.25) is 0 Å². The number of thiophene rings is 1. The van der Waals surface area contributed by atoms with E-state index < -0.39 is 11.6 Å². The lowest BCUT2D eigenvalue weighted by Gasteiger charge is -2.16. The molecule has 0 unspecified atom stereocenters. The van der Waals surface area contributed by atoms with Crippen LogP contribution in [0.25, 0.3) is 0 Å². The summed E-state index contributed by atoms with van der Waals surface area (Å²) in [6.07, 6.45) is 0. The third-order valence-electron chi connectivity index (χ3n) is 2.94. The number of hydrogen-bond donors (Lipinski definition) is 1. The van der Waals surface area contributed by atoms with Gasteiger partial charge in [0.25, 0.3) is 5.91 Å². The number of halogens is 2. The molecule has 2 rings (SSSR count). The van der Waals surface area contributed by atoms with Gasteiger partial charge in [-0.1, -0.05) is 6.07 Å². The molecule has 106 valence electrons. The van der Waals surface area contributed by atoms with E-state index >= 15 is 0 Å². The molecule has 1 aromatic heterocycles. The van der Waals surface area contributed by atoms with Crippen LogP contribution in [0.2, 0.25) is 0 Å². The number of hydrogen-bond acceptors (Lipinski definition) is 3. The summed E-state index contributed by atoms with van der Waals surface area (Å²) >= 11 is 1.30. The summed E-state index contributed by atoms with van der Waals surface area (Å²) in [7, 11) is 1.57. The zero-order chi connectivity index (χ0) is 14.9. The van der Waals surface area contributed by atoms with Crippen molar-refractivity contribution in [3.63, 3.8) is 0 Å². The molecule has 0 atom stereocenters. The van der Waals surface area contributed by atoms with Gasteiger partial charge >= 0.3 is 0 Å². The van der Waals surface area contributed by atoms with E-state index in [-0.39, 0.29) is 18.0 Å². The Balaban J connectivity index is 2.15. The Morgan fingerprint density at radius 3 is 2.60 bits per heavy atom. The number of nitrogen functional groups attached to an aromatic ring is 1. The van der Waals surface area contributed by atoms with Crippen LogP contribution in [0.3, 0.4) is 0 Å². The molecule has 2 aromatic rings. The van der Waals surface area contributed by atoms with E-state index in [0.717, 1.165) is 10.9 Å². The first kappa shape index (κ1) is 14.5. The molecule has 0 aliphatic rings. The van der Waals surface area contributed by atoms with Crippen molar-refractivity contribution in [1.29, 1.82) is 0 Å². The van der Waals surface area contributed by atoms with E-state index in [4.69, 9.17) is 5.73 Å². The van der Waals surface area contributed by atoms with Crippen molar-refractivity contribution in [3.05, 3.63) is 51.2 Å². The minimum atomic E-state index is -0.661. The molecule has 1 heterocycles. The number of amides is 1. The van der Waals surface area contributed by atoms with E-state index in [1.54, 1.807) is 13.1 Å². The quantitative estimate of drug-likeness (QED) is 0.945. The van der Waals surface area contributed by atoms with E-state index in [1.807, 2.05) is 6.92 Å². The Morgan fingerprint density at radius 1 is 1.35 bits per heavy atom. The molecule has 2 N–H and O–H groups in total. The van der Waals surface area contributed by atoms with Crippen LogP contribution in [-0.4, -0.2) is 17.9 Å². The average molecular weight is 296 g/mol. The highest BCUT2D eigenvalue weighted by Gasteiger charge is 2.17. The van der Waals surface area contributed by atoms with Gasteiger partial charge in [0.1, 0.15) is 11.6 Å². The first-order valence-electron chi connectivity index (χ1n) is 5.93. The highest BCUT2D eigenvalue weighted by atomic mass is 32.1. The summed E-state index contributed by atoms with van der Waals surface area (Å²) in [4.78, 5) is 14.9. The van der Waals surface area contributed by atoms with Crippen molar-refractivity contribution < 1.29 is 13.6 Å². The SMILES string of the molecule is Cc1sc(C(=O)N(C)Cc2ccc(F)cc2F)cc1N. The minimum absolute atomic E-state index is 0.0712. The smallest absolute Gasteiger partial charge is 0.264 e. The van der Waals surface area contributed by atoms with Gasteiger partial charge < -0.3 is 10.6 Å². The van der Waals surface area contributed by atoms with Crippen molar-refractivity contribution >= 4 is 22.9 Å². The van der Waals surface area contributed by atoms with Gasteiger partial charge in [-0.3, -0.25) is 4.79 Å². The summed E-state index contributed by atoms with van der Waals surface area (Å²) in [5, 5.41) is 0. The Hall–Kier alpha value is -1.95. The monoisotopic (exact) mass is 296 g/mol. The van der Waals surface area contributed by atoms with Crippen LogP contribution < -0.4 is 5.73 Å². The first-order chi connectivity index (χ1) is 9.38. The number of aryl methyl sites for hydroxylation is 1. The maximum Gasteiger partial charge on any atom is 0.264 e. The molecular weight excluding hydrogens is 282 g/mol. The molecule has 0 aliphatic heterocycles. The predicted octanol–water partition coefficient (Wildman–Crippen LogP) is 3.19. The number of nitrogens with two attached hydrogens (primary N) is 1. The summed E-state index contributed by atoms with van der Waals surface area (Å²) in [6, 6.07) is 4.92. The molecule has 1 amide bonds. The number of carbonyl (C=O) groups is 1. The summed E-state index contributed by atoms with van der Waals surface area (Å²) < 4.78 is 26.4. The fraction of sp³-hybridized carbons (Fsp3) is 0.214. The summed E-state index contributed by atoms with van der Waals surface area (Å²) in [5.41, 5.74) is 6.55. The number of anilines is 1. The highest BCUT2D eigenvalue weighted by Crippen LogP contribution is 2.25. The molecule has 6 heteroatoms. The molecular formula is C14H14F2N2OS. The van der Waals surface area contributed by atoms with Gasteiger partial charge in [-0.05, 0) is 19.1 Å². The zero-order valence-electron chi connectivity index (χ0n) is 11.1. The molecule has 20 heavy (non-hydrogen) atoms. The van der Waals surface area contributed by atoms with Gasteiger partial charge in [-0.15, -0.1) is 11.3 Å². The second kappa shape index (κ2) is 5.58. The molecule has 3 nitrogen and oxygen atoms in total. The molecule has 0 saturated carbocycles. The lowest BCUT2D eigenvalue weighted by molar-refractivity contribution is 0.0788. The summed E-state index contributed by atoms with van der Waals surface area (Å²) in [6.45, 7) is 1.90. The van der Waals surface area contributed by atoms with Gasteiger partial charge in [0, 0.05) is 35.8 Å². The predicted molar refractivity (Wildman–Crippen MR) is 75.6 cm³/mol. The zero-order valence-corrected chi connectivity index (χ0v) is 11.9. The van der Waals surface area contributed by atoms with Crippen molar-refractivity contribution in [2.75, 3.05) is 12.8 Å². The third-order valence-corrected chi connectivity index (χ3v) is 3.99. The second-order valence-corrected chi connectivity index (χ2v) is 5.78. The lowest BCUT2D eigenvalue weighted by Crippen LogP contribution is -2.25. The second-order valence-electron chi connectivity index (χ2n) is 4.52. The normalized spacial score (nSPS) is 10.6. The highest BCUT2D eigenvalue weighted by molar-refractivity contribution is 7.14. The molecule has 1 aromatic carbocycles. The van der Waals surface area contributed by atoms with Crippen LogP contribution in [0, 0.1) is 18.6 Å². The van der Waals surface area contributed by atoms with Crippen LogP contribution in [0.1, 0.15) is 20.1 Å². The number of carbonyl (C=O) groups excluding carboxylic acids is 1. The topological polar surface area (TPSA) is 46.3 Å². The lowest BCUT2D eigenvalue weighted by atomic mass is 10.2. The average Bonchev–Trinajstić information content (AvgIpc) is 2.72. The van der Waals surface area contributed by atoms with Crippen LogP contribution in [0.15, 0.2) is 24.3 Å². The van der Waals surface area contributed by atoms with Crippen molar-refractivity contribution in [3.8, 4) is 0 Å². The molecule has 0 spiro atoms. The maximum atomic E-state index is 13.5. The van der Waals surface area contributed by atoms with Crippen LogP contribution in [-0.2, 0) is 6.54 Å². The molecule has 0 radical (unpaired) electrons. The fourth-order valence-electron chi connectivity index (χ4n) is 1.77. The molecule has 0 fully saturated rings. The van der Waals surface area contributed by atoms with Gasteiger partial charge in [0.15, 0.2) is 0 Å². The molecule has 0 bridgehead atoms. The Kier molecular flexibility index (Phi) is 4.04. The van der Waals surface area contributed by atoms with Gasteiger partial charge in [-0.25, -0.2) is 8.78 Å².